The van der Waals surface area contributed by atoms with Crippen molar-refractivity contribution in [3.63, 3.8) is 0 Å². The van der Waals surface area contributed by atoms with Crippen LogP contribution in [0.5, 0.6) is 5.75 Å². The van der Waals surface area contributed by atoms with Crippen LogP contribution >= 0.6 is 15.9 Å². The molecule has 0 amide bonds. The van der Waals surface area contributed by atoms with Gasteiger partial charge in [-0.2, -0.15) is 0 Å². The van der Waals surface area contributed by atoms with Crippen molar-refractivity contribution >= 4 is 27.4 Å². The Kier molecular flexibility index (Phi) is 4.33. The molecule has 1 aromatic heterocycles. The minimum absolute atomic E-state index is 0.917. The van der Waals surface area contributed by atoms with Gasteiger partial charge in [-0.15, -0.1) is 0 Å². The molecule has 0 atom stereocenters. The van der Waals surface area contributed by atoms with Crippen molar-refractivity contribution in [2.75, 3.05) is 19.1 Å². The quantitative estimate of drug-likeness (QED) is 0.823. The molecule has 0 aliphatic rings. The second-order valence-corrected chi connectivity index (χ2v) is 5.81. The minimum Gasteiger partial charge on any atom is -0.496 e. The fraction of sp³-hybridized carbons (Fsp3) is 0.312. The lowest BCUT2D eigenvalue weighted by atomic mass is 10.0. The topological polar surface area (TPSA) is 25.4 Å². The Labute approximate surface area is 128 Å². The fourth-order valence-electron chi connectivity index (χ4n) is 2.39. The van der Waals surface area contributed by atoms with Crippen LogP contribution in [0.3, 0.4) is 0 Å². The maximum Gasteiger partial charge on any atom is 0.132 e. The predicted molar refractivity (Wildman–Crippen MR) is 87.2 cm³/mol. The first-order chi connectivity index (χ1) is 9.45. The zero-order valence-corrected chi connectivity index (χ0v) is 14.1. The number of halogens is 1. The van der Waals surface area contributed by atoms with Crippen molar-refractivity contribution in [2.45, 2.75) is 20.8 Å². The summed E-state index contributed by atoms with van der Waals surface area (Å²) in [5.74, 6) is 1.88. The first-order valence-electron chi connectivity index (χ1n) is 6.45. The predicted octanol–water partition coefficient (Wildman–Crippen LogP) is 4.55. The molecule has 0 N–H and O–H groups in total. The standard InChI is InChI=1S/C16H19BrN2O/c1-10-8-14(11(2)12(3)16(10)20-5)19(4)15-7-6-13(17)9-18-15/h6-9H,1-5H3. The van der Waals surface area contributed by atoms with Crippen molar-refractivity contribution in [3.05, 3.63) is 45.6 Å². The molecule has 0 unspecified atom stereocenters. The van der Waals surface area contributed by atoms with Gasteiger partial charge in [0.1, 0.15) is 11.6 Å². The molecule has 106 valence electrons. The third-order valence-corrected chi connectivity index (χ3v) is 4.09. The van der Waals surface area contributed by atoms with Crippen LogP contribution in [0.1, 0.15) is 16.7 Å². The summed E-state index contributed by atoms with van der Waals surface area (Å²) in [6.45, 7) is 6.27. The molecule has 2 rings (SSSR count). The van der Waals surface area contributed by atoms with Gasteiger partial charge in [0.05, 0.1) is 7.11 Å². The lowest BCUT2D eigenvalue weighted by Crippen LogP contribution is -2.13. The normalized spacial score (nSPS) is 10.5. The van der Waals surface area contributed by atoms with Gasteiger partial charge < -0.3 is 9.64 Å². The summed E-state index contributed by atoms with van der Waals surface area (Å²) in [6, 6.07) is 6.14. The number of ether oxygens (including phenoxy) is 1. The highest BCUT2D eigenvalue weighted by Crippen LogP contribution is 2.35. The molecule has 0 spiro atoms. The van der Waals surface area contributed by atoms with Crippen molar-refractivity contribution in [1.29, 1.82) is 0 Å². The second-order valence-electron chi connectivity index (χ2n) is 4.89. The van der Waals surface area contributed by atoms with Crippen LogP contribution in [0, 0.1) is 20.8 Å². The molecular formula is C16H19BrN2O. The Hall–Kier alpha value is -1.55. The van der Waals surface area contributed by atoms with Gasteiger partial charge in [0.15, 0.2) is 0 Å². The van der Waals surface area contributed by atoms with E-state index in [2.05, 4.69) is 52.7 Å². The highest BCUT2D eigenvalue weighted by Gasteiger charge is 2.15. The number of methoxy groups -OCH3 is 1. The molecule has 1 aromatic carbocycles. The van der Waals surface area contributed by atoms with E-state index in [1.54, 1.807) is 7.11 Å². The second kappa shape index (κ2) is 5.83. The minimum atomic E-state index is 0.917. The number of hydrogen-bond donors (Lipinski definition) is 0. The maximum absolute atomic E-state index is 5.47. The average Bonchev–Trinajstić information content (AvgIpc) is 2.43. The molecule has 3 nitrogen and oxygen atoms in total. The van der Waals surface area contributed by atoms with Crippen LogP contribution in [-0.2, 0) is 0 Å². The Balaban J connectivity index is 2.50. The SMILES string of the molecule is COc1c(C)cc(N(C)c2ccc(Br)cn2)c(C)c1C. The van der Waals surface area contributed by atoms with Crippen LogP contribution in [0.2, 0.25) is 0 Å². The van der Waals surface area contributed by atoms with Gasteiger partial charge in [0, 0.05) is 23.4 Å². The van der Waals surface area contributed by atoms with Crippen LogP contribution in [0.4, 0.5) is 11.5 Å². The van der Waals surface area contributed by atoms with Gasteiger partial charge >= 0.3 is 0 Å². The number of anilines is 2. The zero-order valence-electron chi connectivity index (χ0n) is 12.5. The van der Waals surface area contributed by atoms with Crippen LogP contribution in [0.15, 0.2) is 28.9 Å². The summed E-state index contributed by atoms with van der Waals surface area (Å²) >= 11 is 3.41. The number of hydrogen-bond acceptors (Lipinski definition) is 3. The Bertz CT molecular complexity index is 623. The number of rotatable bonds is 3. The third kappa shape index (κ3) is 2.66. The summed E-state index contributed by atoms with van der Waals surface area (Å²) in [5, 5.41) is 0. The van der Waals surface area contributed by atoms with Gasteiger partial charge in [-0.05, 0) is 71.6 Å². The zero-order chi connectivity index (χ0) is 14.9. The third-order valence-electron chi connectivity index (χ3n) is 3.62. The van der Waals surface area contributed by atoms with Gasteiger partial charge in [-0.1, -0.05) is 0 Å². The molecule has 0 bridgehead atoms. The van der Waals surface area contributed by atoms with E-state index in [1.165, 1.54) is 11.1 Å². The first-order valence-corrected chi connectivity index (χ1v) is 7.25. The molecule has 0 saturated carbocycles. The number of pyridine rings is 1. The summed E-state index contributed by atoms with van der Waals surface area (Å²) in [4.78, 5) is 6.54. The van der Waals surface area contributed by atoms with Gasteiger partial charge in [-0.25, -0.2) is 4.98 Å². The van der Waals surface area contributed by atoms with E-state index in [0.717, 1.165) is 27.3 Å². The fourth-order valence-corrected chi connectivity index (χ4v) is 2.62. The summed E-state index contributed by atoms with van der Waals surface area (Å²) in [5.41, 5.74) is 4.66. The molecule has 2 aromatic rings. The monoisotopic (exact) mass is 334 g/mol. The van der Waals surface area contributed by atoms with Gasteiger partial charge in [0.25, 0.3) is 0 Å². The first kappa shape index (κ1) is 14.9. The number of nitrogens with zero attached hydrogens (tertiary/aromatic N) is 2. The van der Waals surface area contributed by atoms with E-state index in [9.17, 15) is 0 Å². The summed E-state index contributed by atoms with van der Waals surface area (Å²) in [7, 11) is 3.75. The van der Waals surface area contributed by atoms with E-state index in [4.69, 9.17) is 4.74 Å². The van der Waals surface area contributed by atoms with Crippen molar-refractivity contribution in [1.82, 2.24) is 4.98 Å². The van der Waals surface area contributed by atoms with Crippen molar-refractivity contribution < 1.29 is 4.74 Å². The van der Waals surface area contributed by atoms with E-state index < -0.39 is 0 Å². The largest absolute Gasteiger partial charge is 0.496 e. The lowest BCUT2D eigenvalue weighted by molar-refractivity contribution is 0.408. The molecule has 4 heteroatoms. The van der Waals surface area contributed by atoms with Crippen molar-refractivity contribution in [2.24, 2.45) is 0 Å². The Morgan fingerprint density at radius 3 is 2.40 bits per heavy atom. The Morgan fingerprint density at radius 1 is 1.15 bits per heavy atom. The van der Waals surface area contributed by atoms with Crippen LogP contribution < -0.4 is 9.64 Å². The number of aromatic nitrogens is 1. The molecule has 0 saturated heterocycles. The molecule has 0 aliphatic heterocycles. The van der Waals surface area contributed by atoms with Crippen LogP contribution in [-0.4, -0.2) is 19.1 Å². The van der Waals surface area contributed by atoms with Crippen molar-refractivity contribution in [3.8, 4) is 5.75 Å². The maximum atomic E-state index is 5.47. The highest BCUT2D eigenvalue weighted by atomic mass is 79.9. The summed E-state index contributed by atoms with van der Waals surface area (Å²) in [6.07, 6.45) is 1.81. The molecule has 0 fully saturated rings. The molecule has 0 aliphatic carbocycles. The highest BCUT2D eigenvalue weighted by molar-refractivity contribution is 9.10. The lowest BCUT2D eigenvalue weighted by Gasteiger charge is -2.24. The van der Waals surface area contributed by atoms with Crippen LogP contribution in [0.25, 0.3) is 0 Å². The van der Waals surface area contributed by atoms with E-state index >= 15 is 0 Å². The summed E-state index contributed by atoms with van der Waals surface area (Å²) < 4.78 is 6.45. The Morgan fingerprint density at radius 2 is 1.85 bits per heavy atom. The molecule has 20 heavy (non-hydrogen) atoms. The van der Waals surface area contributed by atoms with E-state index in [0.29, 0.717) is 0 Å². The number of aryl methyl sites for hydroxylation is 1. The number of benzene rings is 1. The van der Waals surface area contributed by atoms with Gasteiger partial charge in [0.2, 0.25) is 0 Å². The smallest absolute Gasteiger partial charge is 0.132 e. The molecular weight excluding hydrogens is 316 g/mol. The average molecular weight is 335 g/mol. The van der Waals surface area contributed by atoms with Gasteiger partial charge in [-0.3, -0.25) is 0 Å². The van der Waals surface area contributed by atoms with E-state index in [1.807, 2.05) is 25.4 Å². The molecule has 1 heterocycles. The van der Waals surface area contributed by atoms with E-state index in [-0.39, 0.29) is 0 Å². The molecule has 0 radical (unpaired) electrons.